The Balaban J connectivity index is 1.59. The van der Waals surface area contributed by atoms with Gasteiger partial charge in [0.25, 0.3) is 11.1 Å². The lowest BCUT2D eigenvalue weighted by atomic mass is 10.2. The minimum Gasteiger partial charge on any atom is -0.349 e. The number of halogens is 1. The molecule has 10 heteroatoms. The second-order valence-electron chi connectivity index (χ2n) is 5.94. The molecule has 0 spiro atoms. The molecule has 0 aliphatic carbocycles. The van der Waals surface area contributed by atoms with Gasteiger partial charge in [-0.15, -0.1) is 0 Å². The van der Waals surface area contributed by atoms with E-state index in [2.05, 4.69) is 5.32 Å². The topological polar surface area (TPSA) is 101 Å². The summed E-state index contributed by atoms with van der Waals surface area (Å²) >= 11 is 0.679. The van der Waals surface area contributed by atoms with Crippen LogP contribution in [0, 0.1) is 5.82 Å². The molecule has 0 bridgehead atoms. The Morgan fingerprint density at radius 2 is 2.07 bits per heavy atom. The van der Waals surface area contributed by atoms with E-state index in [4.69, 9.17) is 0 Å². The van der Waals surface area contributed by atoms with Gasteiger partial charge >= 0.3 is 0 Å². The van der Waals surface area contributed by atoms with Crippen molar-refractivity contribution in [3.05, 3.63) is 52.0 Å². The van der Waals surface area contributed by atoms with Crippen LogP contribution in [0.3, 0.4) is 0 Å². The van der Waals surface area contributed by atoms with E-state index in [1.54, 1.807) is 6.07 Å². The molecule has 1 fully saturated rings. The van der Waals surface area contributed by atoms with Crippen LogP contribution in [0.1, 0.15) is 12.0 Å². The Morgan fingerprint density at radius 1 is 1.33 bits per heavy atom. The molecule has 27 heavy (non-hydrogen) atoms. The van der Waals surface area contributed by atoms with Crippen molar-refractivity contribution in [2.24, 2.45) is 0 Å². The Kier molecular flexibility index (Phi) is 5.47. The van der Waals surface area contributed by atoms with Crippen molar-refractivity contribution < 1.29 is 27.2 Å². The predicted molar refractivity (Wildman–Crippen MR) is 98.6 cm³/mol. The Bertz CT molecular complexity index is 971. The lowest BCUT2D eigenvalue weighted by Gasteiger charge is -2.14. The summed E-state index contributed by atoms with van der Waals surface area (Å²) in [4.78, 5) is 37.3. The number of rotatable bonds is 5. The second kappa shape index (κ2) is 7.65. The number of benzene rings is 1. The van der Waals surface area contributed by atoms with Crippen LogP contribution in [-0.2, 0) is 19.4 Å². The first-order chi connectivity index (χ1) is 12.7. The van der Waals surface area contributed by atoms with Gasteiger partial charge in [0.1, 0.15) is 5.82 Å². The molecule has 1 aromatic carbocycles. The third-order valence-electron chi connectivity index (χ3n) is 3.90. The summed E-state index contributed by atoms with van der Waals surface area (Å²) in [6, 6.07) is 5.25. The molecule has 3 rings (SSSR count). The second-order valence-corrected chi connectivity index (χ2v) is 8.86. The summed E-state index contributed by atoms with van der Waals surface area (Å²) in [6.07, 6.45) is 2.52. The third-order valence-corrected chi connectivity index (χ3v) is 6.21. The number of hydrogen-bond acceptors (Lipinski definition) is 6. The van der Waals surface area contributed by atoms with Crippen molar-refractivity contribution >= 4 is 44.7 Å². The Labute approximate surface area is 159 Å². The van der Waals surface area contributed by atoms with Gasteiger partial charge in [0.2, 0.25) is 5.91 Å². The van der Waals surface area contributed by atoms with Gasteiger partial charge in [-0.2, -0.15) is 0 Å². The molecule has 0 radical (unpaired) electrons. The van der Waals surface area contributed by atoms with Gasteiger partial charge in [0.05, 0.1) is 16.7 Å². The van der Waals surface area contributed by atoms with E-state index in [-0.39, 0.29) is 29.2 Å². The van der Waals surface area contributed by atoms with Crippen LogP contribution in [0.25, 0.3) is 6.08 Å². The standard InChI is InChI=1S/C17H15FN2O5S2/c18-13-4-2-1-3-11(13)9-14-16(22)20(17(23)26-14)7-5-15(21)19-12-6-8-27(24,25)10-12/h1-4,6,8-9,12H,5,7,10H2,(H,19,21)/b14-9+/t12-/m1/s1. The first kappa shape index (κ1) is 19.3. The van der Waals surface area contributed by atoms with Gasteiger partial charge in [0.15, 0.2) is 9.84 Å². The summed E-state index contributed by atoms with van der Waals surface area (Å²) in [6.45, 7) is -0.145. The zero-order valence-electron chi connectivity index (χ0n) is 13.9. The Hall–Kier alpha value is -2.46. The largest absolute Gasteiger partial charge is 0.349 e. The molecule has 1 saturated heterocycles. The van der Waals surface area contributed by atoms with Gasteiger partial charge in [-0.05, 0) is 30.0 Å². The fourth-order valence-corrected chi connectivity index (χ4v) is 4.68. The Morgan fingerprint density at radius 3 is 2.74 bits per heavy atom. The summed E-state index contributed by atoms with van der Waals surface area (Å²) in [5.74, 6) is -1.78. The fourth-order valence-electron chi connectivity index (χ4n) is 2.58. The highest BCUT2D eigenvalue weighted by Gasteiger charge is 2.35. The molecule has 2 aliphatic rings. The predicted octanol–water partition coefficient (Wildman–Crippen LogP) is 1.68. The molecular formula is C17H15FN2O5S2. The smallest absolute Gasteiger partial charge is 0.293 e. The number of thioether (sulfide) groups is 1. The van der Waals surface area contributed by atoms with E-state index in [1.807, 2.05) is 0 Å². The first-order valence-electron chi connectivity index (χ1n) is 7.95. The number of imide groups is 1. The molecule has 2 heterocycles. The van der Waals surface area contributed by atoms with Crippen LogP contribution in [0.4, 0.5) is 9.18 Å². The number of nitrogens with zero attached hydrogens (tertiary/aromatic N) is 1. The van der Waals surface area contributed by atoms with Crippen molar-refractivity contribution in [3.63, 3.8) is 0 Å². The average molecular weight is 410 g/mol. The number of sulfone groups is 1. The summed E-state index contributed by atoms with van der Waals surface area (Å²) < 4.78 is 36.3. The van der Waals surface area contributed by atoms with Crippen molar-refractivity contribution in [3.8, 4) is 0 Å². The van der Waals surface area contributed by atoms with Crippen LogP contribution in [-0.4, -0.2) is 48.7 Å². The minimum atomic E-state index is -3.29. The number of nitrogens with one attached hydrogen (secondary N) is 1. The molecular weight excluding hydrogens is 395 g/mol. The van der Waals surface area contributed by atoms with Crippen LogP contribution < -0.4 is 5.32 Å². The average Bonchev–Trinajstić information content (AvgIpc) is 3.07. The number of hydrogen-bond donors (Lipinski definition) is 1. The molecule has 1 aromatic rings. The highest BCUT2D eigenvalue weighted by Crippen LogP contribution is 2.32. The first-order valence-corrected chi connectivity index (χ1v) is 10.5. The third kappa shape index (κ3) is 4.64. The lowest BCUT2D eigenvalue weighted by molar-refractivity contribution is -0.124. The summed E-state index contributed by atoms with van der Waals surface area (Å²) in [7, 11) is -3.29. The zero-order chi connectivity index (χ0) is 19.6. The molecule has 142 valence electrons. The van der Waals surface area contributed by atoms with Crippen molar-refractivity contribution in [2.75, 3.05) is 12.3 Å². The van der Waals surface area contributed by atoms with Crippen molar-refractivity contribution in [1.29, 1.82) is 0 Å². The maximum atomic E-state index is 13.7. The fraction of sp³-hybridized carbons (Fsp3) is 0.235. The van der Waals surface area contributed by atoms with E-state index in [0.717, 1.165) is 10.3 Å². The SMILES string of the molecule is O=C(CCN1C(=O)S/C(=C/c2ccccc2F)C1=O)N[C@@H]1C=CS(=O)(=O)C1. The van der Waals surface area contributed by atoms with Crippen molar-refractivity contribution in [1.82, 2.24) is 10.2 Å². The molecule has 1 atom stereocenters. The molecule has 7 nitrogen and oxygen atoms in total. The van der Waals surface area contributed by atoms with Crippen LogP contribution in [0.5, 0.6) is 0 Å². The molecule has 0 saturated carbocycles. The molecule has 1 N–H and O–H groups in total. The number of carbonyl (C=O) groups excluding carboxylic acids is 3. The van der Waals surface area contributed by atoms with Gasteiger partial charge in [-0.25, -0.2) is 12.8 Å². The zero-order valence-corrected chi connectivity index (χ0v) is 15.6. The summed E-state index contributed by atoms with van der Waals surface area (Å²) in [5, 5.41) is 3.02. The maximum absolute atomic E-state index is 13.7. The summed E-state index contributed by atoms with van der Waals surface area (Å²) in [5.41, 5.74) is 0.190. The van der Waals surface area contributed by atoms with Crippen molar-refractivity contribution in [2.45, 2.75) is 12.5 Å². The molecule has 0 aromatic heterocycles. The van der Waals surface area contributed by atoms with Gasteiger partial charge in [-0.3, -0.25) is 19.3 Å². The van der Waals surface area contributed by atoms with Crippen LogP contribution in [0.15, 0.2) is 40.7 Å². The number of amides is 3. The van der Waals surface area contributed by atoms with E-state index in [1.165, 1.54) is 30.4 Å². The molecule has 2 aliphatic heterocycles. The minimum absolute atomic E-state index is 0.0790. The van der Waals surface area contributed by atoms with Crippen LogP contribution in [0.2, 0.25) is 0 Å². The van der Waals surface area contributed by atoms with Gasteiger partial charge in [-0.1, -0.05) is 18.2 Å². The molecule has 0 unspecified atom stereocenters. The molecule has 3 amide bonds. The monoisotopic (exact) mass is 410 g/mol. The van der Waals surface area contributed by atoms with E-state index < -0.39 is 38.7 Å². The van der Waals surface area contributed by atoms with E-state index >= 15 is 0 Å². The quantitative estimate of drug-likeness (QED) is 0.742. The van der Waals surface area contributed by atoms with Crippen LogP contribution >= 0.6 is 11.8 Å². The van der Waals surface area contributed by atoms with Gasteiger partial charge in [0, 0.05) is 23.9 Å². The van der Waals surface area contributed by atoms with E-state index in [0.29, 0.717) is 11.8 Å². The number of carbonyl (C=O) groups is 3. The lowest BCUT2D eigenvalue weighted by Crippen LogP contribution is -2.38. The highest BCUT2D eigenvalue weighted by molar-refractivity contribution is 8.18. The normalized spacial score (nSPS) is 22.6. The maximum Gasteiger partial charge on any atom is 0.293 e. The van der Waals surface area contributed by atoms with E-state index in [9.17, 15) is 27.2 Å². The highest BCUT2D eigenvalue weighted by atomic mass is 32.2. The van der Waals surface area contributed by atoms with Gasteiger partial charge < -0.3 is 5.32 Å².